The molecule has 0 aliphatic rings. The lowest BCUT2D eigenvalue weighted by atomic mass is 9.73. The smallest absolute Gasteiger partial charge is 0.303 e. The Bertz CT molecular complexity index is 571. The van der Waals surface area contributed by atoms with E-state index in [1.165, 1.54) is 141 Å². The maximum Gasteiger partial charge on any atom is 0.303 e. The largest absolute Gasteiger partial charge is 0.481 e. The summed E-state index contributed by atoms with van der Waals surface area (Å²) in [7, 11) is 0. The summed E-state index contributed by atoms with van der Waals surface area (Å²) in [5.41, 5.74) is 0. The Balaban J connectivity index is 4.43. The highest BCUT2D eigenvalue weighted by Crippen LogP contribution is 2.37. The molecule has 4 nitrogen and oxygen atoms in total. The van der Waals surface area contributed by atoms with Crippen LogP contribution in [0.5, 0.6) is 0 Å². The SMILES string of the molecule is CCCCC(CC)CC(CC(CC)CCCC)C(CCCCCCCCCCCCCCCCC(=O)O)CC(=O)O. The van der Waals surface area contributed by atoms with Gasteiger partial charge in [-0.3, -0.25) is 9.59 Å². The van der Waals surface area contributed by atoms with Gasteiger partial charge in [-0.25, -0.2) is 0 Å². The van der Waals surface area contributed by atoms with E-state index < -0.39 is 11.9 Å². The molecule has 0 radical (unpaired) electrons. The van der Waals surface area contributed by atoms with Crippen LogP contribution in [0.15, 0.2) is 0 Å². The van der Waals surface area contributed by atoms with Gasteiger partial charge < -0.3 is 10.2 Å². The van der Waals surface area contributed by atoms with E-state index in [2.05, 4.69) is 27.7 Å². The fourth-order valence-corrected chi connectivity index (χ4v) is 6.83. The number of aliphatic carboxylic acids is 2. The maximum absolute atomic E-state index is 11.9. The molecule has 41 heavy (non-hydrogen) atoms. The molecule has 0 saturated heterocycles. The number of unbranched alkanes of at least 4 members (excludes halogenated alkanes) is 15. The Morgan fingerprint density at radius 2 is 0.854 bits per heavy atom. The van der Waals surface area contributed by atoms with Gasteiger partial charge in [0.15, 0.2) is 0 Å². The van der Waals surface area contributed by atoms with Gasteiger partial charge in [0.2, 0.25) is 0 Å². The van der Waals surface area contributed by atoms with Crippen molar-refractivity contribution in [3.63, 3.8) is 0 Å². The number of rotatable bonds is 32. The van der Waals surface area contributed by atoms with Crippen LogP contribution < -0.4 is 0 Å². The van der Waals surface area contributed by atoms with Gasteiger partial charge in [-0.2, -0.15) is 0 Å². The van der Waals surface area contributed by atoms with Crippen LogP contribution in [-0.2, 0) is 9.59 Å². The van der Waals surface area contributed by atoms with Gasteiger partial charge in [0.05, 0.1) is 0 Å². The first-order valence-corrected chi connectivity index (χ1v) is 18.3. The van der Waals surface area contributed by atoms with Crippen molar-refractivity contribution >= 4 is 11.9 Å². The van der Waals surface area contributed by atoms with Crippen LogP contribution in [0.4, 0.5) is 0 Å². The second kappa shape index (κ2) is 29.0. The highest BCUT2D eigenvalue weighted by molar-refractivity contribution is 5.67. The first-order valence-electron chi connectivity index (χ1n) is 18.3. The molecule has 0 aliphatic heterocycles. The summed E-state index contributed by atoms with van der Waals surface area (Å²) in [6, 6.07) is 0. The van der Waals surface area contributed by atoms with Crippen LogP contribution in [0.3, 0.4) is 0 Å². The second-order valence-electron chi connectivity index (χ2n) is 13.3. The Morgan fingerprint density at radius 1 is 0.463 bits per heavy atom. The van der Waals surface area contributed by atoms with E-state index in [-0.39, 0.29) is 0 Å². The molecule has 0 rings (SSSR count). The molecule has 0 aromatic rings. The molecule has 244 valence electrons. The van der Waals surface area contributed by atoms with Gasteiger partial charge in [-0.05, 0) is 49.4 Å². The lowest BCUT2D eigenvalue weighted by molar-refractivity contribution is -0.139. The lowest BCUT2D eigenvalue weighted by Crippen LogP contribution is -2.24. The molecule has 0 aliphatic carbocycles. The summed E-state index contributed by atoms with van der Waals surface area (Å²) < 4.78 is 0. The maximum atomic E-state index is 11.9. The van der Waals surface area contributed by atoms with Crippen molar-refractivity contribution in [3.8, 4) is 0 Å². The Morgan fingerprint density at radius 3 is 1.20 bits per heavy atom. The molecular formula is C37H72O4. The molecule has 0 spiro atoms. The Kier molecular flexibility index (Phi) is 28.3. The molecule has 2 N–H and O–H groups in total. The van der Waals surface area contributed by atoms with Crippen LogP contribution in [0.25, 0.3) is 0 Å². The third kappa shape index (κ3) is 25.2. The number of carbonyl (C=O) groups is 2. The van der Waals surface area contributed by atoms with Crippen LogP contribution >= 0.6 is 0 Å². The zero-order valence-electron chi connectivity index (χ0n) is 28.1. The second-order valence-corrected chi connectivity index (χ2v) is 13.3. The van der Waals surface area contributed by atoms with E-state index in [4.69, 9.17) is 5.11 Å². The number of hydrogen-bond acceptors (Lipinski definition) is 2. The Hall–Kier alpha value is -1.06. The molecule has 3 unspecified atom stereocenters. The average Bonchev–Trinajstić information content (AvgIpc) is 2.95. The number of carboxylic acid groups (broad SMARTS) is 2. The molecule has 0 amide bonds. The predicted molar refractivity (Wildman–Crippen MR) is 177 cm³/mol. The summed E-state index contributed by atoms with van der Waals surface area (Å²) in [4.78, 5) is 22.5. The van der Waals surface area contributed by atoms with Crippen LogP contribution in [-0.4, -0.2) is 22.2 Å². The van der Waals surface area contributed by atoms with Crippen molar-refractivity contribution in [2.75, 3.05) is 0 Å². The fraction of sp³-hybridized carbons (Fsp3) is 0.946. The molecular weight excluding hydrogens is 508 g/mol. The zero-order valence-corrected chi connectivity index (χ0v) is 28.1. The first kappa shape index (κ1) is 39.9. The zero-order chi connectivity index (χ0) is 30.6. The van der Waals surface area contributed by atoms with E-state index >= 15 is 0 Å². The van der Waals surface area contributed by atoms with E-state index in [1.54, 1.807) is 0 Å². The third-order valence-electron chi connectivity index (χ3n) is 9.68. The standard InChI is InChI=1S/C37H72O4/c1-5-9-25-32(7-3)29-35(30-33(8-4)26-10-6-2)34(31-37(40)41)27-23-21-19-17-15-13-11-12-14-16-18-20-22-24-28-36(38)39/h32-35H,5-31H2,1-4H3,(H,38,39)(H,40,41). The molecule has 0 fully saturated rings. The van der Waals surface area contributed by atoms with Crippen LogP contribution in [0.2, 0.25) is 0 Å². The fourth-order valence-electron chi connectivity index (χ4n) is 6.83. The molecule has 3 atom stereocenters. The van der Waals surface area contributed by atoms with Crippen molar-refractivity contribution in [1.29, 1.82) is 0 Å². The summed E-state index contributed by atoms with van der Waals surface area (Å²) in [5, 5.41) is 18.5. The van der Waals surface area contributed by atoms with Gasteiger partial charge in [-0.1, -0.05) is 163 Å². The monoisotopic (exact) mass is 581 g/mol. The molecule has 0 aromatic carbocycles. The van der Waals surface area contributed by atoms with Crippen molar-refractivity contribution in [3.05, 3.63) is 0 Å². The third-order valence-corrected chi connectivity index (χ3v) is 9.68. The lowest BCUT2D eigenvalue weighted by Gasteiger charge is -2.32. The highest BCUT2D eigenvalue weighted by Gasteiger charge is 2.28. The highest BCUT2D eigenvalue weighted by atomic mass is 16.4. The number of carboxylic acids is 2. The van der Waals surface area contributed by atoms with E-state index in [9.17, 15) is 14.7 Å². The van der Waals surface area contributed by atoms with E-state index in [0.717, 1.165) is 31.1 Å². The average molecular weight is 581 g/mol. The molecule has 0 aromatic heterocycles. The number of hydrogen-bond donors (Lipinski definition) is 2. The van der Waals surface area contributed by atoms with E-state index in [1.807, 2.05) is 0 Å². The Labute approximate surface area is 256 Å². The summed E-state index contributed by atoms with van der Waals surface area (Å²) in [6.07, 6.45) is 31.8. The summed E-state index contributed by atoms with van der Waals surface area (Å²) >= 11 is 0. The minimum atomic E-state index is -0.669. The topological polar surface area (TPSA) is 74.6 Å². The van der Waals surface area contributed by atoms with E-state index in [0.29, 0.717) is 24.7 Å². The summed E-state index contributed by atoms with van der Waals surface area (Å²) in [5.74, 6) is 1.15. The van der Waals surface area contributed by atoms with Crippen molar-refractivity contribution < 1.29 is 19.8 Å². The van der Waals surface area contributed by atoms with Gasteiger partial charge in [-0.15, -0.1) is 0 Å². The van der Waals surface area contributed by atoms with Gasteiger partial charge in [0.25, 0.3) is 0 Å². The van der Waals surface area contributed by atoms with Gasteiger partial charge in [0, 0.05) is 12.8 Å². The quantitative estimate of drug-likeness (QED) is 0.0776. The van der Waals surface area contributed by atoms with Gasteiger partial charge >= 0.3 is 11.9 Å². The normalized spacial score (nSPS) is 14.5. The minimum Gasteiger partial charge on any atom is -0.481 e. The minimum absolute atomic E-state index is 0.320. The van der Waals surface area contributed by atoms with Crippen LogP contribution in [0.1, 0.15) is 201 Å². The predicted octanol–water partition coefficient (Wildman–Crippen LogP) is 12.2. The summed E-state index contributed by atoms with van der Waals surface area (Å²) in [6.45, 7) is 9.25. The molecule has 0 saturated carbocycles. The van der Waals surface area contributed by atoms with Crippen LogP contribution in [0, 0.1) is 23.7 Å². The molecule has 0 heterocycles. The first-order chi connectivity index (χ1) is 19.9. The molecule has 4 heteroatoms. The van der Waals surface area contributed by atoms with Crippen molar-refractivity contribution in [2.24, 2.45) is 23.7 Å². The molecule has 0 bridgehead atoms. The van der Waals surface area contributed by atoms with Gasteiger partial charge in [0.1, 0.15) is 0 Å². The van der Waals surface area contributed by atoms with Crippen molar-refractivity contribution in [1.82, 2.24) is 0 Å². The van der Waals surface area contributed by atoms with Crippen molar-refractivity contribution in [2.45, 2.75) is 201 Å².